The van der Waals surface area contributed by atoms with Crippen LogP contribution in [0.4, 0.5) is 4.79 Å². The van der Waals surface area contributed by atoms with Crippen LogP contribution in [0.5, 0.6) is 0 Å². The molecule has 0 spiro atoms. The standard InChI is InChI=1S/C12H21NO3/c1-12(2,3)16-11(15)13-8-4-5-9(13)7-10(14)6-8/h8-10,14H,4-7H2,1-3H3/t8-,9-/m1/s1. The molecule has 0 unspecified atom stereocenters. The van der Waals surface area contributed by atoms with E-state index in [9.17, 15) is 9.90 Å². The van der Waals surface area contributed by atoms with Crippen molar-refractivity contribution in [2.24, 2.45) is 0 Å². The number of piperidine rings is 1. The molecule has 0 aliphatic carbocycles. The Balaban J connectivity index is 2.03. The lowest BCUT2D eigenvalue weighted by molar-refractivity contribution is -0.0110. The summed E-state index contributed by atoms with van der Waals surface area (Å²) in [5.74, 6) is 0. The predicted octanol–water partition coefficient (Wildman–Crippen LogP) is 1.91. The van der Waals surface area contributed by atoms with Crippen LogP contribution >= 0.6 is 0 Å². The summed E-state index contributed by atoms with van der Waals surface area (Å²) in [6, 6.07) is 0.368. The fourth-order valence-corrected chi connectivity index (χ4v) is 2.76. The van der Waals surface area contributed by atoms with E-state index in [4.69, 9.17) is 4.74 Å². The molecule has 4 heteroatoms. The number of rotatable bonds is 0. The molecule has 0 aromatic rings. The Labute approximate surface area is 96.6 Å². The van der Waals surface area contributed by atoms with Crippen molar-refractivity contribution >= 4 is 6.09 Å². The van der Waals surface area contributed by atoms with E-state index in [-0.39, 0.29) is 24.3 Å². The summed E-state index contributed by atoms with van der Waals surface area (Å²) in [6.45, 7) is 5.64. The van der Waals surface area contributed by atoms with Crippen molar-refractivity contribution in [2.45, 2.75) is 70.2 Å². The maximum atomic E-state index is 12.0. The number of ether oxygens (including phenoxy) is 1. The SMILES string of the molecule is CC(C)(C)OC(=O)N1[C@@H]2CC[C@@H]1CC(O)C2. The Kier molecular flexibility index (Phi) is 2.86. The smallest absolute Gasteiger partial charge is 0.410 e. The zero-order chi connectivity index (χ0) is 11.9. The molecule has 0 aromatic carbocycles. The Hall–Kier alpha value is -0.770. The second kappa shape index (κ2) is 3.91. The summed E-state index contributed by atoms with van der Waals surface area (Å²) in [4.78, 5) is 13.8. The number of carbonyl (C=O) groups is 1. The molecule has 4 nitrogen and oxygen atoms in total. The highest BCUT2D eigenvalue weighted by Gasteiger charge is 2.44. The molecule has 1 amide bonds. The molecule has 2 bridgehead atoms. The number of fused-ring (bicyclic) bond motifs is 2. The Morgan fingerprint density at radius 1 is 1.25 bits per heavy atom. The summed E-state index contributed by atoms with van der Waals surface area (Å²) < 4.78 is 5.40. The van der Waals surface area contributed by atoms with Gasteiger partial charge in [0.15, 0.2) is 0 Å². The molecule has 92 valence electrons. The third-order valence-electron chi connectivity index (χ3n) is 3.31. The van der Waals surface area contributed by atoms with Gasteiger partial charge in [0, 0.05) is 12.1 Å². The minimum absolute atomic E-state index is 0.184. The molecule has 2 rings (SSSR count). The summed E-state index contributed by atoms with van der Waals surface area (Å²) in [7, 11) is 0. The lowest BCUT2D eigenvalue weighted by Crippen LogP contribution is -2.49. The van der Waals surface area contributed by atoms with Gasteiger partial charge < -0.3 is 14.7 Å². The number of carbonyl (C=O) groups excluding carboxylic acids is 1. The number of nitrogens with zero attached hydrogens (tertiary/aromatic N) is 1. The highest BCUT2D eigenvalue weighted by atomic mass is 16.6. The normalized spacial score (nSPS) is 34.0. The molecule has 0 aromatic heterocycles. The van der Waals surface area contributed by atoms with Crippen LogP contribution in [-0.4, -0.2) is 39.9 Å². The van der Waals surface area contributed by atoms with Crippen molar-refractivity contribution in [3.8, 4) is 0 Å². The fourth-order valence-electron chi connectivity index (χ4n) is 2.76. The molecular weight excluding hydrogens is 206 g/mol. The second-order valence-corrected chi connectivity index (χ2v) is 5.90. The van der Waals surface area contributed by atoms with E-state index < -0.39 is 5.60 Å². The van der Waals surface area contributed by atoms with Crippen molar-refractivity contribution in [1.29, 1.82) is 0 Å². The highest BCUT2D eigenvalue weighted by molar-refractivity contribution is 5.69. The van der Waals surface area contributed by atoms with E-state index in [0.29, 0.717) is 12.8 Å². The van der Waals surface area contributed by atoms with Crippen LogP contribution in [0.1, 0.15) is 46.5 Å². The maximum Gasteiger partial charge on any atom is 0.410 e. The predicted molar refractivity (Wildman–Crippen MR) is 60.1 cm³/mol. The number of hydrogen-bond donors (Lipinski definition) is 1. The van der Waals surface area contributed by atoms with Gasteiger partial charge in [0.05, 0.1) is 6.10 Å². The van der Waals surface area contributed by atoms with E-state index in [1.165, 1.54) is 0 Å². The summed E-state index contributed by atoms with van der Waals surface area (Å²) in [5, 5.41) is 9.64. The molecule has 1 N–H and O–H groups in total. The van der Waals surface area contributed by atoms with Crippen LogP contribution in [0.2, 0.25) is 0 Å². The van der Waals surface area contributed by atoms with Gasteiger partial charge in [-0.05, 0) is 46.5 Å². The monoisotopic (exact) mass is 227 g/mol. The first-order valence-corrected chi connectivity index (χ1v) is 6.06. The van der Waals surface area contributed by atoms with Gasteiger partial charge in [0.25, 0.3) is 0 Å². The zero-order valence-electron chi connectivity index (χ0n) is 10.3. The fraction of sp³-hybridized carbons (Fsp3) is 0.917. The van der Waals surface area contributed by atoms with Gasteiger partial charge in [0.2, 0.25) is 0 Å². The first-order chi connectivity index (χ1) is 7.37. The van der Waals surface area contributed by atoms with Crippen LogP contribution in [-0.2, 0) is 4.74 Å². The molecule has 0 radical (unpaired) electrons. The van der Waals surface area contributed by atoms with Crippen LogP contribution in [0.15, 0.2) is 0 Å². The molecule has 2 aliphatic rings. The maximum absolute atomic E-state index is 12.0. The number of aliphatic hydroxyl groups is 1. The first-order valence-electron chi connectivity index (χ1n) is 6.06. The van der Waals surface area contributed by atoms with Crippen LogP contribution in [0.3, 0.4) is 0 Å². The quantitative estimate of drug-likeness (QED) is 0.687. The van der Waals surface area contributed by atoms with Gasteiger partial charge >= 0.3 is 6.09 Å². The van der Waals surface area contributed by atoms with Gasteiger partial charge in [-0.3, -0.25) is 0 Å². The lowest BCUT2D eigenvalue weighted by Gasteiger charge is -2.37. The molecule has 0 saturated carbocycles. The molecular formula is C12H21NO3. The van der Waals surface area contributed by atoms with Gasteiger partial charge in [-0.1, -0.05) is 0 Å². The highest BCUT2D eigenvalue weighted by Crippen LogP contribution is 2.36. The molecule has 2 heterocycles. The van der Waals surface area contributed by atoms with E-state index in [1.54, 1.807) is 0 Å². The van der Waals surface area contributed by atoms with E-state index >= 15 is 0 Å². The lowest BCUT2D eigenvalue weighted by atomic mass is 10.0. The van der Waals surface area contributed by atoms with Gasteiger partial charge in [-0.25, -0.2) is 4.79 Å². The molecule has 2 saturated heterocycles. The van der Waals surface area contributed by atoms with E-state index in [1.807, 2.05) is 25.7 Å². The number of hydrogen-bond acceptors (Lipinski definition) is 3. The Morgan fingerprint density at radius 2 is 1.75 bits per heavy atom. The van der Waals surface area contributed by atoms with Gasteiger partial charge in [-0.15, -0.1) is 0 Å². The third-order valence-corrected chi connectivity index (χ3v) is 3.31. The minimum atomic E-state index is -0.438. The third kappa shape index (κ3) is 2.32. The topological polar surface area (TPSA) is 49.8 Å². The van der Waals surface area contributed by atoms with Crippen molar-refractivity contribution in [1.82, 2.24) is 4.90 Å². The van der Waals surface area contributed by atoms with Gasteiger partial charge in [-0.2, -0.15) is 0 Å². The Bertz CT molecular complexity index is 270. The van der Waals surface area contributed by atoms with Crippen LogP contribution < -0.4 is 0 Å². The number of amides is 1. The average Bonchev–Trinajstić information content (AvgIpc) is 2.36. The van der Waals surface area contributed by atoms with Crippen molar-refractivity contribution in [2.75, 3.05) is 0 Å². The summed E-state index contributed by atoms with van der Waals surface area (Å²) >= 11 is 0. The first kappa shape index (κ1) is 11.7. The molecule has 2 atom stereocenters. The second-order valence-electron chi connectivity index (χ2n) is 5.90. The number of aliphatic hydroxyl groups excluding tert-OH is 1. The largest absolute Gasteiger partial charge is 0.444 e. The van der Waals surface area contributed by atoms with Gasteiger partial charge in [0.1, 0.15) is 5.60 Å². The summed E-state index contributed by atoms with van der Waals surface area (Å²) in [5.41, 5.74) is -0.438. The van der Waals surface area contributed by atoms with E-state index in [0.717, 1.165) is 12.8 Å². The molecule has 16 heavy (non-hydrogen) atoms. The van der Waals surface area contributed by atoms with Crippen molar-refractivity contribution in [3.63, 3.8) is 0 Å². The minimum Gasteiger partial charge on any atom is -0.444 e. The zero-order valence-corrected chi connectivity index (χ0v) is 10.3. The average molecular weight is 227 g/mol. The molecule has 2 aliphatic heterocycles. The van der Waals surface area contributed by atoms with Crippen LogP contribution in [0, 0.1) is 0 Å². The molecule has 2 fully saturated rings. The summed E-state index contributed by atoms with van der Waals surface area (Å²) in [6.07, 6.45) is 2.95. The van der Waals surface area contributed by atoms with Crippen LogP contribution in [0.25, 0.3) is 0 Å². The van der Waals surface area contributed by atoms with Crippen molar-refractivity contribution < 1.29 is 14.6 Å². The Morgan fingerprint density at radius 3 is 2.19 bits per heavy atom. The van der Waals surface area contributed by atoms with Crippen molar-refractivity contribution in [3.05, 3.63) is 0 Å². The van der Waals surface area contributed by atoms with E-state index in [2.05, 4.69) is 0 Å².